The maximum absolute atomic E-state index is 13.4. The molecular weight excluding hydrogens is 383 g/mol. The van der Waals surface area contributed by atoms with Gasteiger partial charge in [0.25, 0.3) is 0 Å². The first-order chi connectivity index (χ1) is 14.3. The summed E-state index contributed by atoms with van der Waals surface area (Å²) in [6, 6.07) is 0. The number of carbonyl (C=O) groups excluding carboxylic acids is 1. The Balaban J connectivity index is 1.30. The molecule has 1 N–H and O–H groups in total. The molecule has 7 heteroatoms. The number of aromatic nitrogens is 4. The summed E-state index contributed by atoms with van der Waals surface area (Å²) in [5, 5.41) is 22.6. The third-order valence-corrected chi connectivity index (χ3v) is 9.59. The second kappa shape index (κ2) is 7.35. The number of halogens is 1. The number of aryl methyl sites for hydroxylation is 1. The van der Waals surface area contributed by atoms with Crippen molar-refractivity contribution in [3.8, 4) is 0 Å². The van der Waals surface area contributed by atoms with Crippen LogP contribution in [0.5, 0.6) is 0 Å². The van der Waals surface area contributed by atoms with Crippen molar-refractivity contribution in [2.75, 3.05) is 6.67 Å². The molecule has 5 rings (SSSR count). The second-order valence-electron chi connectivity index (χ2n) is 11.0. The van der Waals surface area contributed by atoms with Crippen LogP contribution in [0.4, 0.5) is 4.39 Å². The number of fused-ring (bicyclic) bond motifs is 5. The zero-order valence-electron chi connectivity index (χ0n) is 18.3. The van der Waals surface area contributed by atoms with Gasteiger partial charge in [0.15, 0.2) is 11.6 Å². The fourth-order valence-electron chi connectivity index (χ4n) is 8.25. The molecule has 0 aromatic carbocycles. The Kier molecular flexibility index (Phi) is 5.03. The molecule has 0 saturated heterocycles. The lowest BCUT2D eigenvalue weighted by molar-refractivity contribution is -0.134. The Bertz CT molecular complexity index is 815. The van der Waals surface area contributed by atoms with E-state index in [1.807, 2.05) is 0 Å². The fourth-order valence-corrected chi connectivity index (χ4v) is 8.25. The monoisotopic (exact) mass is 418 g/mol. The molecule has 0 aliphatic heterocycles. The molecule has 6 nitrogen and oxygen atoms in total. The van der Waals surface area contributed by atoms with Gasteiger partial charge in [-0.15, -0.1) is 10.2 Å². The Hall–Kier alpha value is -1.37. The Morgan fingerprint density at radius 3 is 2.67 bits per heavy atom. The molecular formula is C23H35FN4O2. The number of alkyl halides is 1. The summed E-state index contributed by atoms with van der Waals surface area (Å²) in [4.78, 5) is 14.6. The quantitative estimate of drug-likeness (QED) is 0.809. The highest BCUT2D eigenvalue weighted by Crippen LogP contribution is 2.64. The Morgan fingerprint density at radius 2 is 1.93 bits per heavy atom. The Labute approximate surface area is 178 Å². The predicted molar refractivity (Wildman–Crippen MR) is 109 cm³/mol. The number of nitrogens with zero attached hydrogens (tertiary/aromatic N) is 4. The van der Waals surface area contributed by atoms with Gasteiger partial charge in [-0.25, -0.2) is 4.39 Å². The van der Waals surface area contributed by atoms with Crippen molar-refractivity contribution < 1.29 is 14.3 Å². The molecule has 1 aromatic heterocycles. The lowest BCUT2D eigenvalue weighted by atomic mass is 9.49. The van der Waals surface area contributed by atoms with Crippen LogP contribution in [0.1, 0.15) is 70.5 Å². The molecule has 166 valence electrons. The first kappa shape index (κ1) is 20.5. The number of aliphatic hydroxyl groups is 1. The van der Waals surface area contributed by atoms with Crippen LogP contribution in [0.2, 0.25) is 0 Å². The van der Waals surface area contributed by atoms with E-state index < -0.39 is 12.3 Å². The van der Waals surface area contributed by atoms with Crippen molar-refractivity contribution in [2.45, 2.75) is 83.8 Å². The number of carbonyl (C=O) groups is 1. The Morgan fingerprint density at radius 1 is 1.13 bits per heavy atom. The van der Waals surface area contributed by atoms with E-state index in [4.69, 9.17) is 0 Å². The normalized spacial score (nSPS) is 45.5. The van der Waals surface area contributed by atoms with Gasteiger partial charge in [-0.05, 0) is 105 Å². The second-order valence-corrected chi connectivity index (χ2v) is 11.0. The van der Waals surface area contributed by atoms with E-state index in [1.165, 1.54) is 17.6 Å². The third-order valence-electron chi connectivity index (χ3n) is 9.59. The molecule has 4 aliphatic carbocycles. The number of hydrogen-bond donors (Lipinski definition) is 1. The molecule has 1 heterocycles. The standard InChI is InChI=1S/C23H35FN4O2/c1-14-25-27-28(26-14)12-21(29)20-6-5-19-18-4-3-15-11-23(30,13-24)10-8-16(15)17(18)7-9-22(19,20)2/h15-20,30H,3-13H2,1-2H3/t15-,16-,17+,18+,19-,20+,22-,23+/m0/s1. The van der Waals surface area contributed by atoms with Gasteiger partial charge >= 0.3 is 0 Å². The first-order valence-electron chi connectivity index (χ1n) is 11.9. The van der Waals surface area contributed by atoms with Crippen molar-refractivity contribution in [2.24, 2.45) is 40.9 Å². The van der Waals surface area contributed by atoms with Gasteiger partial charge in [-0.2, -0.15) is 4.80 Å². The minimum Gasteiger partial charge on any atom is -0.387 e. The van der Waals surface area contributed by atoms with Crippen LogP contribution in [0.25, 0.3) is 0 Å². The molecule has 30 heavy (non-hydrogen) atoms. The highest BCUT2D eigenvalue weighted by molar-refractivity contribution is 5.81. The molecule has 0 radical (unpaired) electrons. The zero-order valence-corrected chi connectivity index (χ0v) is 18.3. The summed E-state index contributed by atoms with van der Waals surface area (Å²) < 4.78 is 13.4. The summed E-state index contributed by atoms with van der Waals surface area (Å²) >= 11 is 0. The smallest absolute Gasteiger partial charge is 0.171 e. The van der Waals surface area contributed by atoms with Crippen molar-refractivity contribution >= 4 is 5.78 Å². The number of Topliss-reactive ketones (excluding diaryl/α,β-unsaturated/α-hetero) is 1. The van der Waals surface area contributed by atoms with Crippen molar-refractivity contribution in [3.63, 3.8) is 0 Å². The van der Waals surface area contributed by atoms with Gasteiger partial charge in [-0.1, -0.05) is 6.92 Å². The van der Waals surface area contributed by atoms with Crippen molar-refractivity contribution in [1.29, 1.82) is 0 Å². The lowest BCUT2D eigenvalue weighted by Gasteiger charge is -2.56. The van der Waals surface area contributed by atoms with Crippen LogP contribution in [0, 0.1) is 47.8 Å². The number of rotatable bonds is 4. The van der Waals surface area contributed by atoms with E-state index in [1.54, 1.807) is 6.92 Å². The lowest BCUT2D eigenvalue weighted by Crippen LogP contribution is -2.52. The molecule has 8 atom stereocenters. The number of hydrogen-bond acceptors (Lipinski definition) is 5. The SMILES string of the molecule is Cc1nnn(CC(=O)[C@H]2CC[C@H]3[C@@H]4CC[C@H]5C[C@@](O)(CF)CC[C@@H]5[C@H]4CC[C@]23C)n1. The van der Waals surface area contributed by atoms with E-state index in [0.717, 1.165) is 32.1 Å². The van der Waals surface area contributed by atoms with Crippen LogP contribution < -0.4 is 0 Å². The van der Waals surface area contributed by atoms with Crippen LogP contribution in [-0.2, 0) is 11.3 Å². The summed E-state index contributed by atoms with van der Waals surface area (Å²) in [5.41, 5.74) is -0.995. The van der Waals surface area contributed by atoms with E-state index in [9.17, 15) is 14.3 Å². The largest absolute Gasteiger partial charge is 0.387 e. The van der Waals surface area contributed by atoms with E-state index in [2.05, 4.69) is 22.3 Å². The minimum absolute atomic E-state index is 0.0784. The minimum atomic E-state index is -1.07. The predicted octanol–water partition coefficient (Wildman–Crippen LogP) is 3.52. The van der Waals surface area contributed by atoms with Gasteiger partial charge in [0.2, 0.25) is 0 Å². The molecule has 4 aliphatic rings. The molecule has 4 fully saturated rings. The molecule has 4 saturated carbocycles. The molecule has 0 spiro atoms. The van der Waals surface area contributed by atoms with E-state index in [-0.39, 0.29) is 23.7 Å². The average Bonchev–Trinajstić information content (AvgIpc) is 3.29. The summed E-state index contributed by atoms with van der Waals surface area (Å²) in [6.07, 6.45) is 8.92. The topological polar surface area (TPSA) is 80.9 Å². The van der Waals surface area contributed by atoms with Gasteiger partial charge in [0.05, 0.1) is 5.60 Å². The van der Waals surface area contributed by atoms with Crippen LogP contribution >= 0.6 is 0 Å². The third kappa shape index (κ3) is 3.23. The number of tetrazole rings is 1. The maximum atomic E-state index is 13.4. The van der Waals surface area contributed by atoms with Gasteiger partial charge in [0.1, 0.15) is 13.2 Å². The highest BCUT2D eigenvalue weighted by atomic mass is 19.1. The summed E-state index contributed by atoms with van der Waals surface area (Å²) in [5.74, 6) is 4.06. The number of ketones is 1. The molecule has 0 amide bonds. The van der Waals surface area contributed by atoms with E-state index in [0.29, 0.717) is 48.3 Å². The summed E-state index contributed by atoms with van der Waals surface area (Å²) in [7, 11) is 0. The maximum Gasteiger partial charge on any atom is 0.171 e. The first-order valence-corrected chi connectivity index (χ1v) is 11.9. The molecule has 0 unspecified atom stereocenters. The van der Waals surface area contributed by atoms with Gasteiger partial charge in [-0.3, -0.25) is 4.79 Å². The zero-order chi connectivity index (χ0) is 21.1. The van der Waals surface area contributed by atoms with Crippen LogP contribution in [0.3, 0.4) is 0 Å². The van der Waals surface area contributed by atoms with Crippen molar-refractivity contribution in [3.05, 3.63) is 5.82 Å². The van der Waals surface area contributed by atoms with E-state index >= 15 is 0 Å². The van der Waals surface area contributed by atoms with Gasteiger partial charge < -0.3 is 5.11 Å². The van der Waals surface area contributed by atoms with Crippen LogP contribution in [0.15, 0.2) is 0 Å². The van der Waals surface area contributed by atoms with Gasteiger partial charge in [0, 0.05) is 5.92 Å². The summed E-state index contributed by atoms with van der Waals surface area (Å²) in [6.45, 7) is 3.78. The van der Waals surface area contributed by atoms with Crippen molar-refractivity contribution in [1.82, 2.24) is 20.2 Å². The molecule has 1 aromatic rings. The fraction of sp³-hybridized carbons (Fsp3) is 0.913. The molecule has 0 bridgehead atoms. The van der Waals surface area contributed by atoms with Crippen LogP contribution in [-0.4, -0.2) is 43.4 Å². The average molecular weight is 419 g/mol. The highest BCUT2D eigenvalue weighted by Gasteiger charge is 2.59.